The Bertz CT molecular complexity index is 711. The van der Waals surface area contributed by atoms with Crippen molar-refractivity contribution in [2.45, 2.75) is 45.1 Å². The van der Waals surface area contributed by atoms with Crippen LogP contribution in [0.25, 0.3) is 0 Å². The predicted octanol–water partition coefficient (Wildman–Crippen LogP) is 4.24. The maximum absolute atomic E-state index is 12.3. The number of ether oxygens (including phenoxy) is 2. The first-order valence-electron chi connectivity index (χ1n) is 8.30. The van der Waals surface area contributed by atoms with Crippen LogP contribution in [0.2, 0.25) is 0 Å². The van der Waals surface area contributed by atoms with Gasteiger partial charge >= 0.3 is 5.97 Å². The minimum Gasteiger partial charge on any atom is -0.508 e. The van der Waals surface area contributed by atoms with Crippen molar-refractivity contribution in [3.8, 4) is 11.5 Å². The second-order valence-electron chi connectivity index (χ2n) is 7.44. The molecule has 0 aromatic heterocycles. The number of hydrogen-bond acceptors (Lipinski definition) is 4. The van der Waals surface area contributed by atoms with Gasteiger partial charge in [-0.1, -0.05) is 45.0 Å². The molecule has 0 saturated carbocycles. The number of phenolic OH excluding ortho intramolecular Hbond substituents is 1. The van der Waals surface area contributed by atoms with Crippen molar-refractivity contribution < 1.29 is 19.4 Å². The maximum Gasteiger partial charge on any atom is 0.350 e. The maximum atomic E-state index is 12.3. The first kappa shape index (κ1) is 18.8. The van der Waals surface area contributed by atoms with Crippen molar-refractivity contribution in [3.05, 3.63) is 59.7 Å². The molecule has 2 rings (SSSR count). The van der Waals surface area contributed by atoms with Gasteiger partial charge in [-0.05, 0) is 47.7 Å². The lowest BCUT2D eigenvalue weighted by Crippen LogP contribution is -2.44. The smallest absolute Gasteiger partial charge is 0.350 e. The van der Waals surface area contributed by atoms with E-state index in [1.165, 1.54) is 12.7 Å². The van der Waals surface area contributed by atoms with Crippen LogP contribution >= 0.6 is 0 Å². The summed E-state index contributed by atoms with van der Waals surface area (Å²) in [6.45, 7) is 8.15. The van der Waals surface area contributed by atoms with Gasteiger partial charge in [0.25, 0.3) is 0 Å². The lowest BCUT2D eigenvalue weighted by atomic mass is 9.87. The molecule has 0 saturated heterocycles. The van der Waals surface area contributed by atoms with Crippen molar-refractivity contribution >= 4 is 5.97 Å². The predicted molar refractivity (Wildman–Crippen MR) is 98.0 cm³/mol. The largest absolute Gasteiger partial charge is 0.508 e. The molecule has 0 aliphatic carbocycles. The second kappa shape index (κ2) is 7.18. The summed E-state index contributed by atoms with van der Waals surface area (Å²) in [6, 6.07) is 14.5. The van der Waals surface area contributed by atoms with Gasteiger partial charge in [0, 0.05) is 6.42 Å². The van der Waals surface area contributed by atoms with Crippen molar-refractivity contribution in [2.75, 3.05) is 7.11 Å². The molecule has 0 heterocycles. The number of rotatable bonds is 5. The molecule has 0 radical (unpaired) electrons. The van der Waals surface area contributed by atoms with Gasteiger partial charge in [-0.2, -0.15) is 0 Å². The molecule has 0 unspecified atom stereocenters. The average molecular weight is 342 g/mol. The molecule has 4 heteroatoms. The molecule has 1 N–H and O–H groups in total. The first-order valence-corrected chi connectivity index (χ1v) is 8.30. The van der Waals surface area contributed by atoms with Gasteiger partial charge in [0.15, 0.2) is 0 Å². The van der Waals surface area contributed by atoms with Gasteiger partial charge in [-0.3, -0.25) is 0 Å². The van der Waals surface area contributed by atoms with E-state index in [0.29, 0.717) is 12.2 Å². The number of methoxy groups -OCH3 is 1. The van der Waals surface area contributed by atoms with E-state index in [9.17, 15) is 9.90 Å². The lowest BCUT2D eigenvalue weighted by molar-refractivity contribution is -0.157. The Balaban J connectivity index is 2.25. The Morgan fingerprint density at radius 2 is 1.52 bits per heavy atom. The molecular formula is C21H26O4. The van der Waals surface area contributed by atoms with Gasteiger partial charge in [-0.25, -0.2) is 4.79 Å². The molecule has 4 nitrogen and oxygen atoms in total. The van der Waals surface area contributed by atoms with E-state index >= 15 is 0 Å². The zero-order chi connectivity index (χ0) is 18.7. The van der Waals surface area contributed by atoms with Gasteiger partial charge in [0.05, 0.1) is 7.11 Å². The lowest BCUT2D eigenvalue weighted by Gasteiger charge is -2.28. The SMILES string of the molecule is COC(=O)[C@@](C)(Cc1ccc(O)cc1)Oc1ccc(C(C)(C)C)cc1. The van der Waals surface area contributed by atoms with Gasteiger partial charge in [-0.15, -0.1) is 0 Å². The number of carbonyl (C=O) groups excluding carboxylic acids is 1. The normalized spacial score (nSPS) is 13.8. The summed E-state index contributed by atoms with van der Waals surface area (Å²) >= 11 is 0. The van der Waals surface area contributed by atoms with Gasteiger partial charge in [0.2, 0.25) is 5.60 Å². The molecule has 2 aromatic carbocycles. The standard InChI is InChI=1S/C21H26O4/c1-20(2,3)16-8-12-18(13-9-16)25-21(4,19(23)24-5)14-15-6-10-17(22)11-7-15/h6-13,22H,14H2,1-5H3/t21-/m1/s1. The third-order valence-corrected chi connectivity index (χ3v) is 4.16. The summed E-state index contributed by atoms with van der Waals surface area (Å²) < 4.78 is 11.0. The highest BCUT2D eigenvalue weighted by atomic mass is 16.6. The molecule has 2 aromatic rings. The molecule has 0 fully saturated rings. The zero-order valence-electron chi connectivity index (χ0n) is 15.5. The summed E-state index contributed by atoms with van der Waals surface area (Å²) in [5.74, 6) is 0.349. The van der Waals surface area contributed by atoms with E-state index in [1.807, 2.05) is 24.3 Å². The molecular weight excluding hydrogens is 316 g/mol. The number of esters is 1. The third-order valence-electron chi connectivity index (χ3n) is 4.16. The molecule has 134 valence electrons. The Kier molecular flexibility index (Phi) is 5.41. The van der Waals surface area contributed by atoms with Crippen LogP contribution in [-0.4, -0.2) is 23.8 Å². The topological polar surface area (TPSA) is 55.8 Å². The van der Waals surface area contributed by atoms with Crippen LogP contribution in [0.5, 0.6) is 11.5 Å². The van der Waals surface area contributed by atoms with Crippen LogP contribution in [-0.2, 0) is 21.4 Å². The average Bonchev–Trinajstić information content (AvgIpc) is 2.56. The summed E-state index contributed by atoms with van der Waals surface area (Å²) in [5, 5.41) is 9.41. The molecule has 1 atom stereocenters. The summed E-state index contributed by atoms with van der Waals surface area (Å²) in [5.41, 5.74) is 0.959. The van der Waals surface area contributed by atoms with E-state index < -0.39 is 11.6 Å². The Labute approximate surface area is 149 Å². The third kappa shape index (κ3) is 4.75. The minimum absolute atomic E-state index is 0.0518. The molecule has 0 amide bonds. The quantitative estimate of drug-likeness (QED) is 0.826. The van der Waals surface area contributed by atoms with E-state index in [4.69, 9.17) is 9.47 Å². The van der Waals surface area contributed by atoms with E-state index in [0.717, 1.165) is 5.56 Å². The van der Waals surface area contributed by atoms with Crippen LogP contribution in [0.15, 0.2) is 48.5 Å². The molecule has 0 spiro atoms. The summed E-state index contributed by atoms with van der Waals surface area (Å²) in [6.07, 6.45) is 0.334. The van der Waals surface area contributed by atoms with E-state index in [2.05, 4.69) is 20.8 Å². The zero-order valence-corrected chi connectivity index (χ0v) is 15.5. The Morgan fingerprint density at radius 1 is 0.960 bits per heavy atom. The first-order chi connectivity index (χ1) is 11.6. The molecule has 0 aliphatic rings. The van der Waals surface area contributed by atoms with Crippen molar-refractivity contribution in [3.63, 3.8) is 0 Å². The van der Waals surface area contributed by atoms with Gasteiger partial charge in [0.1, 0.15) is 11.5 Å². The number of phenols is 1. The minimum atomic E-state index is -1.16. The monoisotopic (exact) mass is 342 g/mol. The van der Waals surface area contributed by atoms with Crippen molar-refractivity contribution in [1.29, 1.82) is 0 Å². The van der Waals surface area contributed by atoms with Crippen LogP contribution in [0.3, 0.4) is 0 Å². The summed E-state index contributed by atoms with van der Waals surface area (Å²) in [4.78, 5) is 12.3. The fourth-order valence-corrected chi connectivity index (χ4v) is 2.65. The molecule has 25 heavy (non-hydrogen) atoms. The highest BCUT2D eigenvalue weighted by Gasteiger charge is 2.37. The Morgan fingerprint density at radius 3 is 2.00 bits per heavy atom. The molecule has 0 bridgehead atoms. The number of hydrogen-bond donors (Lipinski definition) is 1. The number of aromatic hydroxyl groups is 1. The van der Waals surface area contributed by atoms with Crippen LogP contribution in [0.4, 0.5) is 0 Å². The highest BCUT2D eigenvalue weighted by molar-refractivity contribution is 5.80. The van der Waals surface area contributed by atoms with Crippen LogP contribution in [0, 0.1) is 0 Å². The fraction of sp³-hybridized carbons (Fsp3) is 0.381. The van der Waals surface area contributed by atoms with Crippen molar-refractivity contribution in [2.24, 2.45) is 0 Å². The number of benzene rings is 2. The fourth-order valence-electron chi connectivity index (χ4n) is 2.65. The van der Waals surface area contributed by atoms with E-state index in [1.54, 1.807) is 31.2 Å². The highest BCUT2D eigenvalue weighted by Crippen LogP contribution is 2.28. The van der Waals surface area contributed by atoms with Crippen molar-refractivity contribution in [1.82, 2.24) is 0 Å². The van der Waals surface area contributed by atoms with Gasteiger partial charge < -0.3 is 14.6 Å². The summed E-state index contributed by atoms with van der Waals surface area (Å²) in [7, 11) is 1.35. The van der Waals surface area contributed by atoms with Crippen LogP contribution in [0.1, 0.15) is 38.8 Å². The molecule has 0 aliphatic heterocycles. The second-order valence-corrected chi connectivity index (χ2v) is 7.44. The number of carbonyl (C=O) groups is 1. The van der Waals surface area contributed by atoms with E-state index in [-0.39, 0.29) is 11.2 Å². The van der Waals surface area contributed by atoms with Crippen LogP contribution < -0.4 is 4.74 Å². The Hall–Kier alpha value is -2.49.